The maximum atomic E-state index is 10.2. The Morgan fingerprint density at radius 3 is 2.19 bits per heavy atom. The first-order valence-electron chi connectivity index (χ1n) is 6.24. The first-order chi connectivity index (χ1) is 9.90. The fraction of sp³-hybridized carbons (Fsp3) is 0.286. The van der Waals surface area contributed by atoms with Crippen LogP contribution >= 0.6 is 17.0 Å². The number of rotatable bonds is 2. The Morgan fingerprint density at radius 1 is 1.10 bits per heavy atom. The van der Waals surface area contributed by atoms with Crippen molar-refractivity contribution in [3.05, 3.63) is 48.3 Å². The number of nitrogens with zero attached hydrogens (tertiary/aromatic N) is 3. The zero-order valence-corrected chi connectivity index (χ0v) is 16.1. The molecule has 0 radical (unpaired) electrons. The van der Waals surface area contributed by atoms with Crippen molar-refractivity contribution in [3.63, 3.8) is 0 Å². The Kier molecular flexibility index (Phi) is 7.65. The van der Waals surface area contributed by atoms with Gasteiger partial charge in [-0.1, -0.05) is 38.1 Å². The van der Waals surface area contributed by atoms with E-state index in [-0.39, 0.29) is 11.2 Å². The molecular formula is C14H17Cl2N3OZr. The van der Waals surface area contributed by atoms with Crippen molar-refractivity contribution in [1.29, 1.82) is 0 Å². The van der Waals surface area contributed by atoms with Crippen LogP contribution in [0.25, 0.3) is 0 Å². The quantitative estimate of drug-likeness (QED) is 0.667. The number of phenols is 1. The molecule has 0 spiro atoms. The number of hydrogen-bond donors (Lipinski definition) is 1. The van der Waals surface area contributed by atoms with Gasteiger partial charge in [0.1, 0.15) is 11.4 Å². The first-order valence-corrected chi connectivity index (χ1v) is 12.6. The molecule has 0 atom stereocenters. The van der Waals surface area contributed by atoms with E-state index in [0.29, 0.717) is 5.69 Å². The van der Waals surface area contributed by atoms with Crippen molar-refractivity contribution in [1.82, 2.24) is 4.68 Å². The molecule has 112 valence electrons. The Balaban J connectivity index is 0.000000677. The molecule has 0 aliphatic rings. The van der Waals surface area contributed by atoms with Crippen LogP contribution in [0.15, 0.2) is 53.1 Å². The van der Waals surface area contributed by atoms with E-state index in [1.54, 1.807) is 23.1 Å². The molecule has 1 aromatic heterocycles. The average Bonchev–Trinajstić information content (AvgIpc) is 2.90. The molecule has 0 fully saturated rings. The van der Waals surface area contributed by atoms with Gasteiger partial charge in [-0.05, 0) is 23.6 Å². The zero-order valence-electron chi connectivity index (χ0n) is 12.1. The van der Waals surface area contributed by atoms with Gasteiger partial charge in [0.05, 0.1) is 0 Å². The van der Waals surface area contributed by atoms with Gasteiger partial charge in [0, 0.05) is 18.0 Å². The van der Waals surface area contributed by atoms with E-state index in [1.165, 1.54) is 0 Å². The molecule has 2 aromatic rings. The average molecular weight is 405 g/mol. The van der Waals surface area contributed by atoms with Crippen molar-refractivity contribution < 1.29 is 26.0 Å². The third-order valence-corrected chi connectivity index (χ3v) is 2.67. The van der Waals surface area contributed by atoms with Crippen LogP contribution in [0.3, 0.4) is 0 Å². The van der Waals surface area contributed by atoms with E-state index in [4.69, 9.17) is 17.0 Å². The van der Waals surface area contributed by atoms with Gasteiger partial charge < -0.3 is 5.11 Å². The second-order valence-electron chi connectivity index (χ2n) is 5.25. The fourth-order valence-corrected chi connectivity index (χ4v) is 1.70. The van der Waals surface area contributed by atoms with E-state index in [0.717, 1.165) is 5.56 Å². The van der Waals surface area contributed by atoms with E-state index in [2.05, 4.69) is 31.1 Å². The molecule has 2 rings (SSSR count). The van der Waals surface area contributed by atoms with Gasteiger partial charge in [0.25, 0.3) is 0 Å². The number of benzene rings is 1. The van der Waals surface area contributed by atoms with E-state index in [9.17, 15) is 5.11 Å². The summed E-state index contributed by atoms with van der Waals surface area (Å²) in [6.45, 7) is 6.15. The Hall–Kier alpha value is -0.637. The standard InChI is InChI=1S/C14H17N3O.2ClH.Zr/c1-14(2,3)11-7-6-8-12(13(11)18)15-16-17-9-4-5-10-17;;;/h4-10,18H,1-3H3;2*1H;/q;;;+2/p-2. The van der Waals surface area contributed by atoms with Crippen LogP contribution in [0.2, 0.25) is 0 Å². The molecule has 0 aliphatic carbocycles. The van der Waals surface area contributed by atoms with Gasteiger partial charge in [-0.2, -0.15) is 0 Å². The summed E-state index contributed by atoms with van der Waals surface area (Å²) in [6.07, 6.45) is 3.57. The number of phenolic OH excluding ortho intramolecular Hbond substituents is 1. The number of halogens is 2. The van der Waals surface area contributed by atoms with Crippen LogP contribution in [-0.4, -0.2) is 9.78 Å². The molecule has 1 aromatic carbocycles. The third-order valence-electron chi connectivity index (χ3n) is 2.67. The van der Waals surface area contributed by atoms with Crippen LogP contribution in [0.4, 0.5) is 5.69 Å². The van der Waals surface area contributed by atoms with Gasteiger partial charge in [-0.3, -0.25) is 0 Å². The monoisotopic (exact) mass is 403 g/mol. The molecule has 1 heterocycles. The van der Waals surface area contributed by atoms with Gasteiger partial charge in [-0.15, -0.1) is 5.11 Å². The summed E-state index contributed by atoms with van der Waals surface area (Å²) in [4.78, 5) is 0. The van der Waals surface area contributed by atoms with Gasteiger partial charge in [0.2, 0.25) is 0 Å². The van der Waals surface area contributed by atoms with Crippen LogP contribution in [0.1, 0.15) is 26.3 Å². The summed E-state index contributed by atoms with van der Waals surface area (Å²) in [5.74, 6) is 0.195. The van der Waals surface area contributed by atoms with Gasteiger partial charge in [0.15, 0.2) is 0 Å². The molecule has 0 saturated heterocycles. The summed E-state index contributed by atoms with van der Waals surface area (Å²) in [5, 5.41) is 18.3. The predicted octanol–water partition coefficient (Wildman–Crippen LogP) is 5.41. The number of aromatic nitrogens is 1. The summed E-state index contributed by atoms with van der Waals surface area (Å²) in [5.41, 5.74) is 1.23. The topological polar surface area (TPSA) is 49.9 Å². The van der Waals surface area contributed by atoms with Crippen LogP contribution < -0.4 is 0 Å². The molecule has 1 N–H and O–H groups in total. The number of hydrogen-bond acceptors (Lipinski definition) is 3. The van der Waals surface area contributed by atoms with Crippen LogP contribution in [-0.2, 0) is 26.3 Å². The SMILES string of the molecule is CC(C)(C)c1cccc(N=Nn2cccc2)c1O.[Cl][Zr][Cl]. The predicted molar refractivity (Wildman–Crippen MR) is 82.9 cm³/mol. The molecule has 0 bridgehead atoms. The summed E-state index contributed by atoms with van der Waals surface area (Å²) in [6, 6.07) is 9.26. The summed E-state index contributed by atoms with van der Waals surface area (Å²) < 4.78 is 1.59. The molecular weight excluding hydrogens is 388 g/mol. The van der Waals surface area contributed by atoms with E-state index < -0.39 is 20.8 Å². The van der Waals surface area contributed by atoms with Crippen molar-refractivity contribution in [2.24, 2.45) is 10.3 Å². The normalized spacial score (nSPS) is 11.1. The van der Waals surface area contributed by atoms with Crippen LogP contribution in [0.5, 0.6) is 5.75 Å². The number of para-hydroxylation sites is 1. The second-order valence-corrected chi connectivity index (χ2v) is 8.98. The van der Waals surface area contributed by atoms with E-state index in [1.807, 2.05) is 24.3 Å². The summed E-state index contributed by atoms with van der Waals surface area (Å²) in [7, 11) is 9.87. The fourth-order valence-electron chi connectivity index (χ4n) is 1.70. The van der Waals surface area contributed by atoms with Crippen LogP contribution in [0, 0.1) is 0 Å². The Morgan fingerprint density at radius 2 is 1.67 bits per heavy atom. The molecule has 7 heteroatoms. The Labute approximate surface area is 143 Å². The summed E-state index contributed by atoms with van der Waals surface area (Å²) >= 11 is -0.826. The Bertz CT molecular complexity index is 580. The third kappa shape index (κ3) is 5.93. The van der Waals surface area contributed by atoms with Crippen molar-refractivity contribution in [2.45, 2.75) is 26.2 Å². The molecule has 0 amide bonds. The second kappa shape index (κ2) is 8.72. The van der Waals surface area contributed by atoms with E-state index >= 15 is 0 Å². The van der Waals surface area contributed by atoms with Crippen molar-refractivity contribution in [3.8, 4) is 5.75 Å². The molecule has 21 heavy (non-hydrogen) atoms. The minimum absolute atomic E-state index is 0.122. The van der Waals surface area contributed by atoms with Gasteiger partial charge in [-0.25, -0.2) is 4.68 Å². The first kappa shape index (κ1) is 18.4. The number of aromatic hydroxyl groups is 1. The molecule has 4 nitrogen and oxygen atoms in total. The molecule has 0 aliphatic heterocycles. The molecule has 0 saturated carbocycles. The zero-order chi connectivity index (χ0) is 15.9. The van der Waals surface area contributed by atoms with Crippen molar-refractivity contribution in [2.75, 3.05) is 0 Å². The molecule has 0 unspecified atom stereocenters. The maximum absolute atomic E-state index is 10.2. The minimum atomic E-state index is -0.826. The van der Waals surface area contributed by atoms with Crippen molar-refractivity contribution >= 4 is 22.7 Å². The van der Waals surface area contributed by atoms with Gasteiger partial charge >= 0.3 is 37.9 Å².